The van der Waals surface area contributed by atoms with E-state index in [0.29, 0.717) is 47.2 Å². The highest BCUT2D eigenvalue weighted by Crippen LogP contribution is 2.40. The maximum Gasteiger partial charge on any atom is 0.163 e. The molecule has 0 atom stereocenters. The van der Waals surface area contributed by atoms with Gasteiger partial charge in [-0.15, -0.1) is 11.5 Å². The molecule has 0 heterocycles. The van der Waals surface area contributed by atoms with Gasteiger partial charge >= 0.3 is 0 Å². The van der Waals surface area contributed by atoms with Gasteiger partial charge in [0.1, 0.15) is 0 Å². The van der Waals surface area contributed by atoms with E-state index in [1.54, 1.807) is 48.5 Å². The lowest BCUT2D eigenvalue weighted by Gasteiger charge is -2.15. The summed E-state index contributed by atoms with van der Waals surface area (Å²) >= 11 is 0. The molecule has 0 fully saturated rings. The molecule has 0 saturated heterocycles. The van der Waals surface area contributed by atoms with Crippen molar-refractivity contribution >= 4 is 23.8 Å². The van der Waals surface area contributed by atoms with E-state index in [1.807, 2.05) is 0 Å². The molecule has 0 unspecified atom stereocenters. The average Bonchev–Trinajstić information content (AvgIpc) is 2.93. The molecule has 0 aliphatic rings. The fourth-order valence-electron chi connectivity index (χ4n) is 3.85. The minimum Gasteiger partial charge on any atom is -0.872 e. The number of benzene rings is 3. The van der Waals surface area contributed by atoms with Crippen LogP contribution in [-0.2, 0) is 0 Å². The van der Waals surface area contributed by atoms with Crippen LogP contribution in [0.25, 0.3) is 0 Å². The highest BCUT2D eigenvalue weighted by molar-refractivity contribution is 5.90. The number of unbranched alkanes of at least 4 members (excludes halogenated alkanes) is 6. The summed E-state index contributed by atoms with van der Waals surface area (Å²) < 4.78 is 12.3. The van der Waals surface area contributed by atoms with Crippen LogP contribution in [0.5, 0.6) is 23.0 Å². The van der Waals surface area contributed by atoms with Crippen LogP contribution in [-0.4, -0.2) is 25.6 Å². The number of para-hydroxylation sites is 2. The van der Waals surface area contributed by atoms with Crippen molar-refractivity contribution in [1.29, 1.82) is 0 Å². The van der Waals surface area contributed by atoms with Crippen molar-refractivity contribution in [3.8, 4) is 23.0 Å². The van der Waals surface area contributed by atoms with Crippen molar-refractivity contribution < 1.29 is 19.7 Å². The van der Waals surface area contributed by atoms with Crippen LogP contribution in [0.4, 0.5) is 11.4 Å². The van der Waals surface area contributed by atoms with E-state index in [1.165, 1.54) is 37.4 Å². The fraction of sp³-hybridized carbons (Fsp3) is 0.375. The molecule has 0 saturated carbocycles. The first-order valence-electron chi connectivity index (χ1n) is 13.7. The quantitative estimate of drug-likeness (QED) is 0.149. The number of ether oxygens (including phenoxy) is 2. The minimum absolute atomic E-state index is 0.110. The number of hydrogen-bond donors (Lipinski definition) is 0. The van der Waals surface area contributed by atoms with Crippen molar-refractivity contribution in [2.75, 3.05) is 13.2 Å². The Kier molecular flexibility index (Phi) is 12.2. The second-order valence-electron chi connectivity index (χ2n) is 9.20. The molecule has 0 aromatic heterocycles. The number of hydrogen-bond acceptors (Lipinski definition) is 6. The first-order valence-corrected chi connectivity index (χ1v) is 13.7. The van der Waals surface area contributed by atoms with E-state index < -0.39 is 0 Å². The normalized spacial score (nSPS) is 11.4. The molecule has 3 aromatic carbocycles. The molecular formula is C32H38N2O4-2. The van der Waals surface area contributed by atoms with E-state index in [4.69, 9.17) is 9.47 Å². The molecule has 0 N–H and O–H groups in total. The Balaban J connectivity index is 1.95. The highest BCUT2D eigenvalue weighted by atomic mass is 16.5. The van der Waals surface area contributed by atoms with Gasteiger partial charge in [0.05, 0.1) is 24.6 Å². The monoisotopic (exact) mass is 514 g/mol. The topological polar surface area (TPSA) is 89.3 Å². The highest BCUT2D eigenvalue weighted by Gasteiger charge is 2.12. The maximum atomic E-state index is 12.2. The zero-order chi connectivity index (χ0) is 27.0. The predicted octanol–water partition coefficient (Wildman–Crippen LogP) is 7.25. The van der Waals surface area contributed by atoms with E-state index in [-0.39, 0.29) is 11.5 Å². The summed E-state index contributed by atoms with van der Waals surface area (Å²) in [6.45, 7) is 5.51. The van der Waals surface area contributed by atoms with Crippen molar-refractivity contribution in [2.24, 2.45) is 9.98 Å². The van der Waals surface area contributed by atoms with Gasteiger partial charge in [-0.05, 0) is 24.0 Å². The third-order valence-electron chi connectivity index (χ3n) is 6.08. The SMILES string of the molecule is CCCCCCOc1cc(N=Cc2ccccc2[O-])c(N=Cc2ccccc2[O-])cc1OCCCCCC. The molecule has 6 heteroatoms. The molecule has 3 aromatic rings. The van der Waals surface area contributed by atoms with Gasteiger partial charge in [0.25, 0.3) is 0 Å². The van der Waals surface area contributed by atoms with Gasteiger partial charge in [-0.1, -0.05) is 101 Å². The molecule has 0 aliphatic heterocycles. The maximum absolute atomic E-state index is 12.2. The fourth-order valence-corrected chi connectivity index (χ4v) is 3.85. The zero-order valence-corrected chi connectivity index (χ0v) is 22.5. The van der Waals surface area contributed by atoms with E-state index >= 15 is 0 Å². The van der Waals surface area contributed by atoms with E-state index in [2.05, 4.69) is 23.8 Å². The minimum atomic E-state index is -0.110. The Morgan fingerprint density at radius 3 is 1.42 bits per heavy atom. The lowest BCUT2D eigenvalue weighted by atomic mass is 10.2. The van der Waals surface area contributed by atoms with E-state index in [9.17, 15) is 10.2 Å². The number of rotatable bonds is 16. The second kappa shape index (κ2) is 16.1. The van der Waals surface area contributed by atoms with Gasteiger partial charge in [-0.3, -0.25) is 9.98 Å². The number of nitrogens with zero attached hydrogens (tertiary/aromatic N) is 2. The molecule has 38 heavy (non-hydrogen) atoms. The molecular weight excluding hydrogens is 476 g/mol. The third kappa shape index (κ3) is 9.25. The lowest BCUT2D eigenvalue weighted by Crippen LogP contribution is -2.03. The largest absolute Gasteiger partial charge is 0.872 e. The molecule has 0 radical (unpaired) electrons. The standard InChI is InChI=1S/C32H40N2O4/c1-3-5-7-13-19-37-31-21-27(33-23-25-15-9-11-17-29(25)35)28(22-32(31)38-20-14-8-6-4-2)34-24-26-16-10-12-18-30(26)36/h9-12,15-18,21-24,35-36H,3-8,13-14,19-20H2,1-2H3/p-2. The van der Waals surface area contributed by atoms with Gasteiger partial charge in [0, 0.05) is 24.6 Å². The molecule has 6 nitrogen and oxygen atoms in total. The van der Waals surface area contributed by atoms with Crippen molar-refractivity contribution in [2.45, 2.75) is 65.2 Å². The van der Waals surface area contributed by atoms with Gasteiger partial charge in [0.15, 0.2) is 11.5 Å². The van der Waals surface area contributed by atoms with Crippen LogP contribution in [0.2, 0.25) is 0 Å². The Labute approximate surface area is 226 Å². The molecule has 0 spiro atoms. The third-order valence-corrected chi connectivity index (χ3v) is 6.08. The van der Waals surface area contributed by atoms with Crippen LogP contribution in [0.1, 0.15) is 76.3 Å². The summed E-state index contributed by atoms with van der Waals surface area (Å²) in [5.74, 6) is 0.979. The van der Waals surface area contributed by atoms with Crippen LogP contribution in [0.15, 0.2) is 70.6 Å². The first-order chi connectivity index (χ1) is 18.6. The van der Waals surface area contributed by atoms with Crippen LogP contribution < -0.4 is 19.7 Å². The van der Waals surface area contributed by atoms with Crippen molar-refractivity contribution in [1.82, 2.24) is 0 Å². The van der Waals surface area contributed by atoms with Gasteiger partial charge in [0.2, 0.25) is 0 Å². The van der Waals surface area contributed by atoms with Gasteiger partial charge in [-0.25, -0.2) is 0 Å². The summed E-state index contributed by atoms with van der Waals surface area (Å²) in [5.41, 5.74) is 2.00. The molecule has 0 amide bonds. The molecule has 0 aliphatic carbocycles. The molecule has 202 valence electrons. The van der Waals surface area contributed by atoms with Crippen molar-refractivity contribution in [3.63, 3.8) is 0 Å². The van der Waals surface area contributed by atoms with E-state index in [0.717, 1.165) is 38.5 Å². The van der Waals surface area contributed by atoms with Crippen LogP contribution in [0.3, 0.4) is 0 Å². The van der Waals surface area contributed by atoms with Crippen LogP contribution in [0, 0.1) is 0 Å². The van der Waals surface area contributed by atoms with Crippen molar-refractivity contribution in [3.05, 3.63) is 71.8 Å². The molecule has 3 rings (SSSR count). The smallest absolute Gasteiger partial charge is 0.163 e. The number of aliphatic imine (C=N–C) groups is 2. The summed E-state index contributed by atoms with van der Waals surface area (Å²) in [7, 11) is 0. The van der Waals surface area contributed by atoms with Gasteiger partial charge in [-0.2, -0.15) is 0 Å². The van der Waals surface area contributed by atoms with Gasteiger partial charge < -0.3 is 19.7 Å². The predicted molar refractivity (Wildman–Crippen MR) is 152 cm³/mol. The average molecular weight is 515 g/mol. The Morgan fingerprint density at radius 2 is 1.03 bits per heavy atom. The zero-order valence-electron chi connectivity index (χ0n) is 22.5. The Morgan fingerprint density at radius 1 is 0.605 bits per heavy atom. The molecule has 0 bridgehead atoms. The summed E-state index contributed by atoms with van der Waals surface area (Å²) in [4.78, 5) is 9.20. The summed E-state index contributed by atoms with van der Waals surface area (Å²) in [6, 6.07) is 17.1. The van der Waals surface area contributed by atoms with Crippen LogP contribution >= 0.6 is 0 Å². The Bertz CT molecular complexity index is 1100. The second-order valence-corrected chi connectivity index (χ2v) is 9.20. The Hall–Kier alpha value is -3.80. The summed E-state index contributed by atoms with van der Waals surface area (Å²) in [6.07, 6.45) is 11.8. The first kappa shape index (κ1) is 28.8. The lowest BCUT2D eigenvalue weighted by molar-refractivity contribution is -0.269. The summed E-state index contributed by atoms with van der Waals surface area (Å²) in [5, 5.41) is 24.4.